The molecule has 2 N–H and O–H groups in total. The van der Waals surface area contributed by atoms with Crippen LogP contribution in [0.2, 0.25) is 5.02 Å². The van der Waals surface area contributed by atoms with E-state index >= 15 is 0 Å². The third kappa shape index (κ3) is 2.79. The lowest BCUT2D eigenvalue weighted by Crippen LogP contribution is -2.13. The van der Waals surface area contributed by atoms with Crippen LogP contribution < -0.4 is 10.5 Å². The van der Waals surface area contributed by atoms with Gasteiger partial charge in [-0.15, -0.1) is 0 Å². The van der Waals surface area contributed by atoms with Gasteiger partial charge in [0.2, 0.25) is 0 Å². The maximum Gasteiger partial charge on any atom is 0.142 e. The number of hydrogen-bond donors (Lipinski definition) is 1. The Labute approximate surface area is 122 Å². The predicted molar refractivity (Wildman–Crippen MR) is 77.5 cm³/mol. The van der Waals surface area contributed by atoms with Gasteiger partial charge in [-0.2, -0.15) is 0 Å². The first-order chi connectivity index (χ1) is 9.65. The Kier molecular flexibility index (Phi) is 3.64. The minimum Gasteiger partial charge on any atom is -0.490 e. The summed E-state index contributed by atoms with van der Waals surface area (Å²) in [4.78, 5) is 0. The molecule has 1 unspecified atom stereocenters. The average molecular weight is 292 g/mol. The standard InChI is InChI=1S/C16H15ClFNO/c17-15-13(5-2-6-14(15)18)16(19)10-3-1-4-12(9-10)20-11-7-8-11/h1-6,9,11,16H,7-8,19H2. The van der Waals surface area contributed by atoms with Crippen LogP contribution in [0.25, 0.3) is 0 Å². The van der Waals surface area contributed by atoms with Gasteiger partial charge in [0.05, 0.1) is 17.2 Å². The summed E-state index contributed by atoms with van der Waals surface area (Å²) in [6.45, 7) is 0. The van der Waals surface area contributed by atoms with Crippen molar-refractivity contribution in [3.63, 3.8) is 0 Å². The molecule has 3 rings (SSSR count). The highest BCUT2D eigenvalue weighted by Gasteiger charge is 2.24. The monoisotopic (exact) mass is 291 g/mol. The molecule has 0 aliphatic heterocycles. The fourth-order valence-corrected chi connectivity index (χ4v) is 2.34. The van der Waals surface area contributed by atoms with Crippen LogP contribution in [-0.4, -0.2) is 6.10 Å². The first-order valence-electron chi connectivity index (χ1n) is 6.61. The van der Waals surface area contributed by atoms with Crippen molar-refractivity contribution in [1.29, 1.82) is 0 Å². The van der Waals surface area contributed by atoms with Crippen molar-refractivity contribution in [1.82, 2.24) is 0 Å². The van der Waals surface area contributed by atoms with E-state index in [0.29, 0.717) is 11.7 Å². The topological polar surface area (TPSA) is 35.2 Å². The molecule has 1 aliphatic carbocycles. The second-order valence-electron chi connectivity index (χ2n) is 5.01. The molecular formula is C16H15ClFNO. The van der Waals surface area contributed by atoms with Crippen LogP contribution in [0.15, 0.2) is 42.5 Å². The largest absolute Gasteiger partial charge is 0.490 e. The van der Waals surface area contributed by atoms with E-state index in [1.54, 1.807) is 12.1 Å². The lowest BCUT2D eigenvalue weighted by Gasteiger charge is -2.15. The first-order valence-corrected chi connectivity index (χ1v) is 6.99. The summed E-state index contributed by atoms with van der Waals surface area (Å²) in [6, 6.07) is 11.8. The van der Waals surface area contributed by atoms with E-state index in [-0.39, 0.29) is 5.02 Å². The van der Waals surface area contributed by atoms with Gasteiger partial charge in [-0.05, 0) is 42.2 Å². The normalized spacial score (nSPS) is 15.9. The third-order valence-corrected chi connectivity index (χ3v) is 3.76. The number of ether oxygens (including phenoxy) is 1. The second-order valence-corrected chi connectivity index (χ2v) is 5.39. The number of hydrogen-bond acceptors (Lipinski definition) is 2. The lowest BCUT2D eigenvalue weighted by molar-refractivity contribution is 0.303. The zero-order chi connectivity index (χ0) is 14.1. The molecule has 0 heterocycles. The summed E-state index contributed by atoms with van der Waals surface area (Å²) >= 11 is 5.99. The smallest absolute Gasteiger partial charge is 0.142 e. The van der Waals surface area contributed by atoms with E-state index in [9.17, 15) is 4.39 Å². The van der Waals surface area contributed by atoms with Gasteiger partial charge in [0.1, 0.15) is 11.6 Å². The highest BCUT2D eigenvalue weighted by atomic mass is 35.5. The molecule has 2 nitrogen and oxygen atoms in total. The molecule has 0 radical (unpaired) electrons. The van der Waals surface area contributed by atoms with Crippen LogP contribution >= 0.6 is 11.6 Å². The number of halogens is 2. The molecule has 0 spiro atoms. The molecule has 0 saturated heterocycles. The fraction of sp³-hybridized carbons (Fsp3) is 0.250. The number of rotatable bonds is 4. The van der Waals surface area contributed by atoms with Crippen molar-refractivity contribution in [3.8, 4) is 5.75 Å². The maximum atomic E-state index is 13.5. The minimum atomic E-state index is -0.471. The average Bonchev–Trinajstić information content (AvgIpc) is 3.25. The second kappa shape index (κ2) is 5.43. The Morgan fingerprint density at radius 2 is 1.95 bits per heavy atom. The molecule has 1 fully saturated rings. The summed E-state index contributed by atoms with van der Waals surface area (Å²) in [6.07, 6.45) is 2.54. The van der Waals surface area contributed by atoms with Crippen LogP contribution in [0, 0.1) is 5.82 Å². The predicted octanol–water partition coefficient (Wildman–Crippen LogP) is 4.07. The van der Waals surface area contributed by atoms with Crippen LogP contribution in [0.1, 0.15) is 30.0 Å². The SMILES string of the molecule is NC(c1cccc(OC2CC2)c1)c1cccc(F)c1Cl. The molecule has 0 bridgehead atoms. The lowest BCUT2D eigenvalue weighted by atomic mass is 9.99. The molecule has 20 heavy (non-hydrogen) atoms. The quantitative estimate of drug-likeness (QED) is 0.921. The van der Waals surface area contributed by atoms with Crippen LogP contribution in [0.3, 0.4) is 0 Å². The summed E-state index contributed by atoms with van der Waals surface area (Å²) in [5, 5.41) is 0.0773. The highest BCUT2D eigenvalue weighted by molar-refractivity contribution is 6.31. The molecule has 1 atom stereocenters. The van der Waals surface area contributed by atoms with Crippen molar-refractivity contribution in [2.45, 2.75) is 25.0 Å². The number of nitrogens with two attached hydrogens (primary N) is 1. The Bertz CT molecular complexity index is 628. The van der Waals surface area contributed by atoms with Crippen LogP contribution in [0.4, 0.5) is 4.39 Å². The Hall–Kier alpha value is -1.58. The van der Waals surface area contributed by atoms with Gasteiger partial charge in [-0.1, -0.05) is 35.9 Å². The summed E-state index contributed by atoms with van der Waals surface area (Å²) < 4.78 is 19.2. The van der Waals surface area contributed by atoms with E-state index in [0.717, 1.165) is 24.2 Å². The van der Waals surface area contributed by atoms with Gasteiger partial charge in [0.25, 0.3) is 0 Å². The molecule has 0 amide bonds. The van der Waals surface area contributed by atoms with E-state index < -0.39 is 11.9 Å². The minimum absolute atomic E-state index is 0.0773. The van der Waals surface area contributed by atoms with Gasteiger partial charge < -0.3 is 10.5 Å². The van der Waals surface area contributed by atoms with E-state index in [2.05, 4.69) is 0 Å². The molecule has 4 heteroatoms. The Morgan fingerprint density at radius 1 is 1.20 bits per heavy atom. The highest BCUT2D eigenvalue weighted by Crippen LogP contribution is 2.32. The molecule has 2 aromatic carbocycles. The van der Waals surface area contributed by atoms with Gasteiger partial charge in [-0.25, -0.2) is 4.39 Å². The van der Waals surface area contributed by atoms with Crippen molar-refractivity contribution < 1.29 is 9.13 Å². The van der Waals surface area contributed by atoms with Gasteiger partial charge in [0.15, 0.2) is 0 Å². The van der Waals surface area contributed by atoms with Crippen molar-refractivity contribution in [2.75, 3.05) is 0 Å². The zero-order valence-corrected chi connectivity index (χ0v) is 11.6. The molecular weight excluding hydrogens is 277 g/mol. The van der Waals surface area contributed by atoms with Gasteiger partial charge in [0, 0.05) is 0 Å². The number of benzene rings is 2. The Balaban J connectivity index is 1.89. The van der Waals surface area contributed by atoms with E-state index in [4.69, 9.17) is 22.1 Å². The molecule has 0 aromatic heterocycles. The van der Waals surface area contributed by atoms with Crippen molar-refractivity contribution in [2.24, 2.45) is 5.73 Å². The van der Waals surface area contributed by atoms with E-state index in [1.165, 1.54) is 6.07 Å². The van der Waals surface area contributed by atoms with Crippen molar-refractivity contribution in [3.05, 3.63) is 64.4 Å². The maximum absolute atomic E-state index is 13.5. The summed E-state index contributed by atoms with van der Waals surface area (Å²) in [5.41, 5.74) is 7.63. The summed E-state index contributed by atoms with van der Waals surface area (Å²) in [5.74, 6) is 0.345. The van der Waals surface area contributed by atoms with Gasteiger partial charge >= 0.3 is 0 Å². The molecule has 1 aliphatic rings. The van der Waals surface area contributed by atoms with E-state index in [1.807, 2.05) is 24.3 Å². The first kappa shape index (κ1) is 13.4. The zero-order valence-electron chi connectivity index (χ0n) is 10.9. The molecule has 2 aromatic rings. The fourth-order valence-electron chi connectivity index (χ4n) is 2.10. The Morgan fingerprint density at radius 3 is 2.70 bits per heavy atom. The van der Waals surface area contributed by atoms with Crippen molar-refractivity contribution >= 4 is 11.6 Å². The third-order valence-electron chi connectivity index (χ3n) is 3.36. The van der Waals surface area contributed by atoms with Gasteiger partial charge in [-0.3, -0.25) is 0 Å². The van der Waals surface area contributed by atoms with Crippen LogP contribution in [0.5, 0.6) is 5.75 Å². The summed E-state index contributed by atoms with van der Waals surface area (Å²) in [7, 11) is 0. The molecule has 1 saturated carbocycles. The molecule has 104 valence electrons. The van der Waals surface area contributed by atoms with Crippen LogP contribution in [-0.2, 0) is 0 Å².